The van der Waals surface area contributed by atoms with E-state index in [9.17, 15) is 0 Å². The number of anilines is 1. The van der Waals surface area contributed by atoms with Gasteiger partial charge in [-0.25, -0.2) is 0 Å². The molecule has 0 amide bonds. The van der Waals surface area contributed by atoms with Gasteiger partial charge in [-0.1, -0.05) is 49.7 Å². The van der Waals surface area contributed by atoms with Crippen molar-refractivity contribution in [2.45, 2.75) is 59.9 Å². The standard InChI is InChI=1S/C22H29N5/c1-7-18-11-9-10-16(4)20(18)27-21(24-25-26-27)22(6,8-2)23-19-13-12-15(3)14-17(19)5/h9-14,23H,7-8H2,1-6H3/t22-/m1/s1. The molecule has 1 atom stereocenters. The van der Waals surface area contributed by atoms with Crippen LogP contribution in [0.3, 0.4) is 0 Å². The Hall–Kier alpha value is -2.69. The van der Waals surface area contributed by atoms with Gasteiger partial charge in [0.2, 0.25) is 0 Å². The minimum atomic E-state index is -0.392. The van der Waals surface area contributed by atoms with Crippen molar-refractivity contribution >= 4 is 5.69 Å². The maximum atomic E-state index is 4.43. The van der Waals surface area contributed by atoms with Gasteiger partial charge in [-0.05, 0) is 73.7 Å². The number of nitrogens with zero attached hydrogens (tertiary/aromatic N) is 4. The Kier molecular flexibility index (Phi) is 5.31. The van der Waals surface area contributed by atoms with E-state index in [4.69, 9.17) is 0 Å². The summed E-state index contributed by atoms with van der Waals surface area (Å²) < 4.78 is 1.91. The summed E-state index contributed by atoms with van der Waals surface area (Å²) in [6.45, 7) is 12.8. The molecule has 0 spiro atoms. The van der Waals surface area contributed by atoms with Gasteiger partial charge >= 0.3 is 0 Å². The summed E-state index contributed by atoms with van der Waals surface area (Å²) in [7, 11) is 0. The first-order chi connectivity index (χ1) is 12.9. The SMILES string of the molecule is CCc1cccc(C)c1-n1nnnc1[C@@](C)(CC)Nc1ccc(C)cc1C. The van der Waals surface area contributed by atoms with Gasteiger partial charge in [0, 0.05) is 5.69 Å². The van der Waals surface area contributed by atoms with E-state index in [0.29, 0.717) is 0 Å². The third-order valence-electron chi connectivity index (χ3n) is 5.38. The molecule has 5 heteroatoms. The lowest BCUT2D eigenvalue weighted by atomic mass is 9.95. The molecule has 27 heavy (non-hydrogen) atoms. The highest BCUT2D eigenvalue weighted by Gasteiger charge is 2.32. The molecule has 0 radical (unpaired) electrons. The van der Waals surface area contributed by atoms with Gasteiger partial charge in [0.15, 0.2) is 5.82 Å². The van der Waals surface area contributed by atoms with Crippen LogP contribution >= 0.6 is 0 Å². The predicted octanol–water partition coefficient (Wildman–Crippen LogP) is 4.89. The summed E-state index contributed by atoms with van der Waals surface area (Å²) in [5, 5.41) is 16.5. The number of rotatable bonds is 6. The highest BCUT2D eigenvalue weighted by Crippen LogP contribution is 2.32. The second kappa shape index (κ2) is 7.51. The van der Waals surface area contributed by atoms with E-state index in [0.717, 1.165) is 30.0 Å². The maximum absolute atomic E-state index is 4.43. The highest BCUT2D eigenvalue weighted by atomic mass is 15.6. The number of para-hydroxylation sites is 1. The van der Waals surface area contributed by atoms with Crippen LogP contribution in [-0.4, -0.2) is 20.2 Å². The van der Waals surface area contributed by atoms with E-state index in [1.807, 2.05) is 4.68 Å². The van der Waals surface area contributed by atoms with E-state index in [1.54, 1.807) is 0 Å². The van der Waals surface area contributed by atoms with Gasteiger partial charge in [0.25, 0.3) is 0 Å². The molecule has 0 saturated heterocycles. The summed E-state index contributed by atoms with van der Waals surface area (Å²) in [5.74, 6) is 0.828. The number of tetrazole rings is 1. The zero-order valence-electron chi connectivity index (χ0n) is 17.2. The fourth-order valence-electron chi connectivity index (χ4n) is 3.54. The molecule has 3 rings (SSSR count). The van der Waals surface area contributed by atoms with Crippen molar-refractivity contribution in [2.75, 3.05) is 5.32 Å². The first-order valence-electron chi connectivity index (χ1n) is 9.62. The Balaban J connectivity index is 2.09. The lowest BCUT2D eigenvalue weighted by Gasteiger charge is -2.31. The van der Waals surface area contributed by atoms with Crippen molar-refractivity contribution in [3.05, 3.63) is 64.5 Å². The van der Waals surface area contributed by atoms with Gasteiger partial charge in [-0.3, -0.25) is 0 Å². The van der Waals surface area contributed by atoms with Crippen LogP contribution in [0.2, 0.25) is 0 Å². The summed E-state index contributed by atoms with van der Waals surface area (Å²) in [4.78, 5) is 0. The smallest absolute Gasteiger partial charge is 0.181 e. The van der Waals surface area contributed by atoms with Gasteiger partial charge < -0.3 is 5.32 Å². The average Bonchev–Trinajstić information content (AvgIpc) is 3.13. The number of nitrogens with one attached hydrogen (secondary N) is 1. The molecule has 1 aromatic heterocycles. The van der Waals surface area contributed by atoms with Gasteiger partial charge in [-0.15, -0.1) is 5.10 Å². The Morgan fingerprint density at radius 2 is 1.81 bits per heavy atom. The van der Waals surface area contributed by atoms with E-state index in [-0.39, 0.29) is 0 Å². The molecule has 2 aromatic carbocycles. The van der Waals surface area contributed by atoms with Crippen LogP contribution in [-0.2, 0) is 12.0 Å². The van der Waals surface area contributed by atoms with Crippen LogP contribution in [0.1, 0.15) is 55.3 Å². The normalized spacial score (nSPS) is 13.4. The third-order valence-corrected chi connectivity index (χ3v) is 5.38. The lowest BCUT2D eigenvalue weighted by Crippen LogP contribution is -2.35. The quantitative estimate of drug-likeness (QED) is 0.677. The lowest BCUT2D eigenvalue weighted by molar-refractivity contribution is 0.473. The monoisotopic (exact) mass is 363 g/mol. The minimum absolute atomic E-state index is 0.392. The van der Waals surface area contributed by atoms with Crippen LogP contribution in [0.5, 0.6) is 0 Å². The molecule has 3 aromatic rings. The summed E-state index contributed by atoms with van der Waals surface area (Å²) in [6, 6.07) is 12.8. The number of hydrogen-bond donors (Lipinski definition) is 1. The minimum Gasteiger partial charge on any atom is -0.373 e. The summed E-state index contributed by atoms with van der Waals surface area (Å²) in [5.41, 5.74) is 6.70. The topological polar surface area (TPSA) is 55.6 Å². The fourth-order valence-corrected chi connectivity index (χ4v) is 3.54. The van der Waals surface area contributed by atoms with Gasteiger partial charge in [0.1, 0.15) is 0 Å². The van der Waals surface area contributed by atoms with Crippen molar-refractivity contribution in [2.24, 2.45) is 0 Å². The Bertz CT molecular complexity index is 944. The maximum Gasteiger partial charge on any atom is 0.181 e. The van der Waals surface area contributed by atoms with E-state index in [1.165, 1.54) is 22.3 Å². The van der Waals surface area contributed by atoms with Gasteiger partial charge in [0.05, 0.1) is 11.2 Å². The molecule has 0 unspecified atom stereocenters. The van der Waals surface area contributed by atoms with Crippen LogP contribution in [0.25, 0.3) is 5.69 Å². The Labute approximate surface area is 161 Å². The summed E-state index contributed by atoms with van der Waals surface area (Å²) in [6.07, 6.45) is 1.79. The molecule has 1 N–H and O–H groups in total. The van der Waals surface area contributed by atoms with E-state index in [2.05, 4.69) is 98.8 Å². The van der Waals surface area contributed by atoms with E-state index >= 15 is 0 Å². The molecule has 0 aliphatic heterocycles. The Morgan fingerprint density at radius 3 is 2.48 bits per heavy atom. The zero-order chi connectivity index (χ0) is 19.6. The molecule has 0 saturated carbocycles. The Morgan fingerprint density at radius 1 is 1.04 bits per heavy atom. The van der Waals surface area contributed by atoms with Crippen molar-refractivity contribution in [3.63, 3.8) is 0 Å². The largest absolute Gasteiger partial charge is 0.373 e. The first kappa shape index (κ1) is 19.1. The van der Waals surface area contributed by atoms with Crippen LogP contribution in [0.4, 0.5) is 5.69 Å². The molecular weight excluding hydrogens is 334 g/mol. The van der Waals surface area contributed by atoms with Crippen LogP contribution in [0, 0.1) is 20.8 Å². The molecule has 0 bridgehead atoms. The molecular formula is C22H29N5. The molecule has 0 aliphatic carbocycles. The van der Waals surface area contributed by atoms with Crippen molar-refractivity contribution in [1.82, 2.24) is 20.2 Å². The summed E-state index contributed by atoms with van der Waals surface area (Å²) >= 11 is 0. The van der Waals surface area contributed by atoms with Crippen molar-refractivity contribution in [3.8, 4) is 5.69 Å². The second-order valence-electron chi connectivity index (χ2n) is 7.48. The van der Waals surface area contributed by atoms with Gasteiger partial charge in [-0.2, -0.15) is 4.68 Å². The van der Waals surface area contributed by atoms with Crippen LogP contribution in [0.15, 0.2) is 36.4 Å². The number of benzene rings is 2. The second-order valence-corrected chi connectivity index (χ2v) is 7.48. The number of hydrogen-bond acceptors (Lipinski definition) is 4. The molecule has 1 heterocycles. The molecule has 142 valence electrons. The van der Waals surface area contributed by atoms with Crippen molar-refractivity contribution < 1.29 is 0 Å². The van der Waals surface area contributed by atoms with Crippen molar-refractivity contribution in [1.29, 1.82) is 0 Å². The third kappa shape index (κ3) is 3.59. The number of aromatic nitrogens is 4. The molecule has 5 nitrogen and oxygen atoms in total. The van der Waals surface area contributed by atoms with E-state index < -0.39 is 5.54 Å². The fraction of sp³-hybridized carbons (Fsp3) is 0.409. The predicted molar refractivity (Wildman–Crippen MR) is 110 cm³/mol. The molecule has 0 aliphatic rings. The highest BCUT2D eigenvalue weighted by molar-refractivity contribution is 5.55. The van der Waals surface area contributed by atoms with Crippen LogP contribution < -0.4 is 5.32 Å². The molecule has 0 fully saturated rings. The first-order valence-corrected chi connectivity index (χ1v) is 9.62. The zero-order valence-corrected chi connectivity index (χ0v) is 17.2. The number of aryl methyl sites for hydroxylation is 4. The average molecular weight is 364 g/mol.